The van der Waals surface area contributed by atoms with Gasteiger partial charge in [0.25, 0.3) is 0 Å². The lowest BCUT2D eigenvalue weighted by molar-refractivity contribution is 0.122. The lowest BCUT2D eigenvalue weighted by Crippen LogP contribution is -2.39. The van der Waals surface area contributed by atoms with Gasteiger partial charge in [-0.25, -0.2) is 0 Å². The van der Waals surface area contributed by atoms with Gasteiger partial charge in [-0.3, -0.25) is 4.90 Å². The Kier molecular flexibility index (Phi) is 3.95. The zero-order chi connectivity index (χ0) is 12.4. The van der Waals surface area contributed by atoms with Crippen LogP contribution in [-0.2, 0) is 6.54 Å². The third-order valence-corrected chi connectivity index (χ3v) is 4.15. The summed E-state index contributed by atoms with van der Waals surface area (Å²) in [6.07, 6.45) is 2.54. The molecule has 2 nitrogen and oxygen atoms in total. The normalized spacial score (nSPS) is 26.1. The molecule has 1 aliphatic rings. The van der Waals surface area contributed by atoms with Crippen LogP contribution < -0.4 is 5.73 Å². The Bertz CT molecular complexity index is 372. The molecule has 2 atom stereocenters. The Morgan fingerprint density at radius 3 is 2.82 bits per heavy atom. The summed E-state index contributed by atoms with van der Waals surface area (Å²) in [5, 5.41) is 0.788. The summed E-state index contributed by atoms with van der Waals surface area (Å²) in [4.78, 5) is 2.48. The van der Waals surface area contributed by atoms with Gasteiger partial charge in [0.2, 0.25) is 0 Å². The average Bonchev–Trinajstić information content (AvgIpc) is 2.26. The minimum absolute atomic E-state index is 0.620. The van der Waals surface area contributed by atoms with E-state index >= 15 is 0 Å². The number of hydrogen-bond acceptors (Lipinski definition) is 2. The SMILES string of the molecule is CC1CCN(Cc2c(N)cccc2Cl)C(C)C1. The monoisotopic (exact) mass is 252 g/mol. The van der Waals surface area contributed by atoms with Crippen molar-refractivity contribution in [1.82, 2.24) is 4.90 Å². The van der Waals surface area contributed by atoms with E-state index < -0.39 is 0 Å². The van der Waals surface area contributed by atoms with Crippen LogP contribution in [0.15, 0.2) is 18.2 Å². The standard InChI is InChI=1S/C14H21ClN2/c1-10-6-7-17(11(2)8-10)9-12-13(15)4-3-5-14(12)16/h3-5,10-11H,6-9,16H2,1-2H3. The second-order valence-corrected chi connectivity index (χ2v) is 5.66. The maximum atomic E-state index is 6.22. The van der Waals surface area contributed by atoms with Gasteiger partial charge < -0.3 is 5.73 Å². The summed E-state index contributed by atoms with van der Waals surface area (Å²) in [5.41, 5.74) is 7.89. The van der Waals surface area contributed by atoms with Crippen LogP contribution in [0.25, 0.3) is 0 Å². The van der Waals surface area contributed by atoms with Crippen LogP contribution in [0.5, 0.6) is 0 Å². The molecule has 1 saturated heterocycles. The highest BCUT2D eigenvalue weighted by atomic mass is 35.5. The summed E-state index contributed by atoms with van der Waals surface area (Å²) >= 11 is 6.22. The van der Waals surface area contributed by atoms with E-state index in [2.05, 4.69) is 18.7 Å². The second-order valence-electron chi connectivity index (χ2n) is 5.26. The Morgan fingerprint density at radius 1 is 1.41 bits per heavy atom. The van der Waals surface area contributed by atoms with Gasteiger partial charge in [-0.05, 0) is 44.4 Å². The lowest BCUT2D eigenvalue weighted by Gasteiger charge is -2.36. The Morgan fingerprint density at radius 2 is 2.18 bits per heavy atom. The van der Waals surface area contributed by atoms with Crippen molar-refractivity contribution in [2.45, 2.75) is 39.3 Å². The predicted octanol–water partition coefficient (Wildman–Crippen LogP) is 3.54. The van der Waals surface area contributed by atoms with Crippen LogP contribution in [0.3, 0.4) is 0 Å². The number of halogens is 1. The lowest BCUT2D eigenvalue weighted by atomic mass is 9.93. The zero-order valence-electron chi connectivity index (χ0n) is 10.6. The molecule has 94 valence electrons. The molecule has 1 fully saturated rings. The fourth-order valence-corrected chi connectivity index (χ4v) is 2.88. The molecule has 0 saturated carbocycles. The predicted molar refractivity (Wildman–Crippen MR) is 74.1 cm³/mol. The molecule has 1 aromatic rings. The molecule has 0 bridgehead atoms. The maximum Gasteiger partial charge on any atom is 0.0471 e. The fraction of sp³-hybridized carbons (Fsp3) is 0.571. The number of hydrogen-bond donors (Lipinski definition) is 1. The van der Waals surface area contributed by atoms with Crippen LogP contribution in [0.1, 0.15) is 32.3 Å². The molecular formula is C14H21ClN2. The van der Waals surface area contributed by atoms with Gasteiger partial charge in [0.1, 0.15) is 0 Å². The van der Waals surface area contributed by atoms with E-state index in [9.17, 15) is 0 Å². The van der Waals surface area contributed by atoms with Gasteiger partial charge >= 0.3 is 0 Å². The first kappa shape index (κ1) is 12.7. The summed E-state index contributed by atoms with van der Waals surface area (Å²) in [6, 6.07) is 6.38. The minimum atomic E-state index is 0.620. The van der Waals surface area contributed by atoms with Gasteiger partial charge in [0, 0.05) is 28.9 Å². The molecule has 3 heteroatoms. The van der Waals surface area contributed by atoms with Crippen molar-refractivity contribution in [3.05, 3.63) is 28.8 Å². The first-order chi connectivity index (χ1) is 8.08. The van der Waals surface area contributed by atoms with Gasteiger partial charge in [-0.15, -0.1) is 0 Å². The zero-order valence-corrected chi connectivity index (χ0v) is 11.4. The van der Waals surface area contributed by atoms with E-state index in [-0.39, 0.29) is 0 Å². The molecule has 17 heavy (non-hydrogen) atoms. The van der Waals surface area contributed by atoms with Crippen LogP contribution in [0.4, 0.5) is 5.69 Å². The molecule has 0 aliphatic carbocycles. The first-order valence-corrected chi connectivity index (χ1v) is 6.72. The van der Waals surface area contributed by atoms with Crippen molar-refractivity contribution in [3.63, 3.8) is 0 Å². The number of anilines is 1. The highest BCUT2D eigenvalue weighted by Crippen LogP contribution is 2.28. The van der Waals surface area contributed by atoms with Crippen LogP contribution in [0.2, 0.25) is 5.02 Å². The number of benzene rings is 1. The summed E-state index contributed by atoms with van der Waals surface area (Å²) < 4.78 is 0. The van der Waals surface area contributed by atoms with Crippen molar-refractivity contribution in [1.29, 1.82) is 0 Å². The van der Waals surface area contributed by atoms with E-state index in [1.54, 1.807) is 0 Å². The number of rotatable bonds is 2. The largest absolute Gasteiger partial charge is 0.398 e. The molecule has 0 aromatic heterocycles. The Balaban J connectivity index is 2.10. The topological polar surface area (TPSA) is 29.3 Å². The van der Waals surface area contributed by atoms with Gasteiger partial charge in [0.15, 0.2) is 0 Å². The molecule has 0 spiro atoms. The molecule has 2 N–H and O–H groups in total. The molecule has 2 rings (SSSR count). The number of piperidine rings is 1. The molecule has 1 aliphatic heterocycles. The van der Waals surface area contributed by atoms with Crippen LogP contribution >= 0.6 is 11.6 Å². The third-order valence-electron chi connectivity index (χ3n) is 3.79. The summed E-state index contributed by atoms with van der Waals surface area (Å²) in [6.45, 7) is 6.65. The molecule has 0 amide bonds. The van der Waals surface area contributed by atoms with Gasteiger partial charge in [-0.1, -0.05) is 24.6 Å². The minimum Gasteiger partial charge on any atom is -0.398 e. The maximum absolute atomic E-state index is 6.22. The molecular weight excluding hydrogens is 232 g/mol. The number of nitrogens with two attached hydrogens (primary N) is 1. The molecule has 0 radical (unpaired) electrons. The average molecular weight is 253 g/mol. The quantitative estimate of drug-likeness (QED) is 0.816. The smallest absolute Gasteiger partial charge is 0.0471 e. The third kappa shape index (κ3) is 2.93. The van der Waals surface area contributed by atoms with E-state index in [1.165, 1.54) is 12.8 Å². The van der Waals surface area contributed by atoms with Crippen molar-refractivity contribution >= 4 is 17.3 Å². The van der Waals surface area contributed by atoms with Gasteiger partial charge in [0.05, 0.1) is 0 Å². The van der Waals surface area contributed by atoms with Crippen molar-refractivity contribution < 1.29 is 0 Å². The fourth-order valence-electron chi connectivity index (χ4n) is 2.64. The first-order valence-electron chi connectivity index (χ1n) is 6.35. The highest BCUT2D eigenvalue weighted by Gasteiger charge is 2.23. The van der Waals surface area contributed by atoms with Crippen molar-refractivity contribution in [2.75, 3.05) is 12.3 Å². The van der Waals surface area contributed by atoms with Crippen molar-refractivity contribution in [2.24, 2.45) is 5.92 Å². The summed E-state index contributed by atoms with van der Waals surface area (Å²) in [5.74, 6) is 0.838. The Hall–Kier alpha value is -0.730. The Labute approximate surface area is 109 Å². The number of likely N-dealkylation sites (tertiary alicyclic amines) is 1. The molecule has 1 heterocycles. The number of nitrogens with zero attached hydrogens (tertiary/aromatic N) is 1. The van der Waals surface area contributed by atoms with Gasteiger partial charge in [-0.2, -0.15) is 0 Å². The van der Waals surface area contributed by atoms with Crippen molar-refractivity contribution in [3.8, 4) is 0 Å². The van der Waals surface area contributed by atoms with Crippen LogP contribution in [0, 0.1) is 5.92 Å². The highest BCUT2D eigenvalue weighted by molar-refractivity contribution is 6.31. The second kappa shape index (κ2) is 5.28. The van der Waals surface area contributed by atoms with E-state index in [4.69, 9.17) is 17.3 Å². The number of nitrogen functional groups attached to an aromatic ring is 1. The van der Waals surface area contributed by atoms with E-state index in [1.807, 2.05) is 18.2 Å². The van der Waals surface area contributed by atoms with E-state index in [0.29, 0.717) is 6.04 Å². The van der Waals surface area contributed by atoms with Crippen LogP contribution in [-0.4, -0.2) is 17.5 Å². The summed E-state index contributed by atoms with van der Waals surface area (Å²) in [7, 11) is 0. The molecule has 1 aromatic carbocycles. The van der Waals surface area contributed by atoms with E-state index in [0.717, 1.165) is 35.3 Å². The molecule has 2 unspecified atom stereocenters.